The first kappa shape index (κ1) is 51.2. The number of para-hydroxylation sites is 5. The predicted octanol–water partition coefficient (Wildman–Crippen LogP) is 25.3. The van der Waals surface area contributed by atoms with Crippen molar-refractivity contribution in [2.75, 3.05) is 0 Å². The van der Waals surface area contributed by atoms with Crippen LogP contribution in [0, 0.1) is 6.57 Å². The van der Waals surface area contributed by atoms with Crippen molar-refractivity contribution in [2.24, 2.45) is 0 Å². The monoisotopic (exact) mass is 1250 g/mol. The molecule has 456 valence electrons. The third kappa shape index (κ3) is 9.38. The second-order valence-corrected chi connectivity index (χ2v) is 25.2. The highest BCUT2D eigenvalue weighted by molar-refractivity contribution is 6.14. The van der Waals surface area contributed by atoms with Crippen molar-refractivity contribution in [1.29, 1.82) is 0 Å². The van der Waals surface area contributed by atoms with Gasteiger partial charge in [-0.1, -0.05) is 249 Å². The average Bonchev–Trinajstić information content (AvgIpc) is 1.60. The van der Waals surface area contributed by atoms with Crippen LogP contribution in [-0.2, 0) is 0 Å². The molecule has 0 unspecified atom stereocenters. The molecule has 0 atom stereocenters. The Kier molecular flexibility index (Phi) is 12.0. The van der Waals surface area contributed by atoms with Crippen LogP contribution < -0.4 is 0 Å². The van der Waals surface area contributed by atoms with E-state index in [1.807, 2.05) is 53.1 Å². The molecule has 0 bridgehead atoms. The van der Waals surface area contributed by atoms with E-state index in [9.17, 15) is 0 Å². The van der Waals surface area contributed by atoms with Gasteiger partial charge in [0.2, 0.25) is 0 Å². The molecular weight excluding hydrogens is 1190 g/mol. The second-order valence-electron chi connectivity index (χ2n) is 25.2. The van der Waals surface area contributed by atoms with Crippen LogP contribution in [0.15, 0.2) is 358 Å². The molecule has 0 aliphatic carbocycles. The molecule has 98 heavy (non-hydrogen) atoms. The van der Waals surface area contributed by atoms with Crippen molar-refractivity contribution in [3.8, 4) is 67.3 Å². The number of fused-ring (bicyclic) bond motifs is 14. The fourth-order valence-corrected chi connectivity index (χ4v) is 15.1. The molecule has 20 aromatic rings. The van der Waals surface area contributed by atoms with Crippen LogP contribution in [0.2, 0.25) is 0 Å². The van der Waals surface area contributed by atoms with Gasteiger partial charge in [0.15, 0.2) is 5.69 Å². The van der Waals surface area contributed by atoms with E-state index in [0.29, 0.717) is 5.69 Å². The Morgan fingerprint density at radius 2 is 0.520 bits per heavy atom. The quantitative estimate of drug-likeness (QED) is 0.135. The van der Waals surface area contributed by atoms with Crippen LogP contribution >= 0.6 is 0 Å². The van der Waals surface area contributed by atoms with Gasteiger partial charge in [0.1, 0.15) is 0 Å². The van der Waals surface area contributed by atoms with Crippen LogP contribution in [0.4, 0.5) is 5.69 Å². The van der Waals surface area contributed by atoms with Gasteiger partial charge in [-0.2, -0.15) is 0 Å². The van der Waals surface area contributed by atoms with Crippen LogP contribution in [0.25, 0.3) is 181 Å². The first-order valence-corrected chi connectivity index (χ1v) is 33.0. The van der Waals surface area contributed by atoms with E-state index in [-0.39, 0.29) is 29.9 Å². The summed E-state index contributed by atoms with van der Waals surface area (Å²) >= 11 is 0. The van der Waals surface area contributed by atoms with Gasteiger partial charge < -0.3 is 18.3 Å². The van der Waals surface area contributed by atoms with E-state index >= 15 is 0 Å². The molecule has 0 saturated heterocycles. The van der Waals surface area contributed by atoms with Gasteiger partial charge >= 0.3 is 0 Å². The Morgan fingerprint density at radius 1 is 0.214 bits per heavy atom. The molecule has 4 aromatic heterocycles. The van der Waals surface area contributed by atoms with Gasteiger partial charge in [-0.05, 0) is 175 Å². The SMILES string of the molecule is [2H]c1c([2H])c([2H])c(-n2c3ccccc3c3ccc(-c4ccc(-c5ccc6c(c5)c5ccccc5n6-c5ccc6ccccc6c5)cc4)cc32)c([2H])c1[2H].[C-]#[N+]c1ccc(-n2c3ccccc3c3ccc(-c4ccc(-c5ccc6c(c5)c5ccccc5n6-c5ccc6ccccc6c5)cc4)cc32)cc1. The molecule has 0 amide bonds. The fraction of sp³-hybridized carbons (Fsp3) is 0. The van der Waals surface area contributed by atoms with Crippen molar-refractivity contribution in [3.05, 3.63) is 369 Å². The summed E-state index contributed by atoms with van der Waals surface area (Å²) < 4.78 is 51.2. The van der Waals surface area contributed by atoms with Crippen molar-refractivity contribution >= 4 is 114 Å². The second kappa shape index (κ2) is 23.0. The summed E-state index contributed by atoms with van der Waals surface area (Å²) in [7, 11) is 0. The van der Waals surface area contributed by atoms with Gasteiger partial charge in [0, 0.05) is 65.8 Å². The standard InChI is InChI=1S/C47H29N3.C46H30N2/c1-48-37-21-24-38(25-22-37)49-44-12-6-4-10-40(44)42-26-19-36(30-47(42)49)33-16-14-32(15-17-33)35-20-27-46-43(29-35)41-11-5-7-13-45(41)50(46)39-23-18-31-8-2-3-9-34(31)28-39;1-2-12-37(13-3-1)47-43-16-8-6-14-39(43)41-26-23-36(30-46(41)47)33-20-18-32(19-21-33)35-24-27-45-42(29-35)40-15-7-9-17-44(40)48(45)38-25-22-31-10-4-5-11-34(31)28-38/h2-30H;1-30H/i;1D,2D,3D,12D,13D. The van der Waals surface area contributed by atoms with E-state index in [0.717, 1.165) is 72.0 Å². The Labute approximate surface area is 572 Å². The molecule has 0 fully saturated rings. The zero-order valence-electron chi connectivity index (χ0n) is 57.9. The molecule has 0 aliphatic heterocycles. The molecule has 20 rings (SSSR count). The molecule has 0 saturated carbocycles. The molecular formula is C93H59N5. The molecule has 16 aromatic carbocycles. The Hall–Kier alpha value is -13.3. The summed E-state index contributed by atoms with van der Waals surface area (Å²) in [5, 5.41) is 14.2. The minimum atomic E-state index is -0.403. The highest BCUT2D eigenvalue weighted by Crippen LogP contribution is 2.42. The molecule has 4 heterocycles. The van der Waals surface area contributed by atoms with Crippen LogP contribution in [-0.4, -0.2) is 18.3 Å². The van der Waals surface area contributed by atoms with Crippen molar-refractivity contribution in [3.63, 3.8) is 0 Å². The molecule has 0 spiro atoms. The summed E-state index contributed by atoms with van der Waals surface area (Å²) in [6.45, 7) is 7.38. The summed E-state index contributed by atoms with van der Waals surface area (Å²) in [5.74, 6) is 0. The van der Waals surface area contributed by atoms with Crippen LogP contribution in [0.1, 0.15) is 6.85 Å². The molecule has 5 nitrogen and oxygen atoms in total. The minimum Gasteiger partial charge on any atom is -0.309 e. The van der Waals surface area contributed by atoms with Gasteiger partial charge in [-0.3, -0.25) is 0 Å². The minimum absolute atomic E-state index is 0.145. The molecule has 0 aliphatic rings. The highest BCUT2D eigenvalue weighted by Gasteiger charge is 2.19. The first-order chi connectivity index (χ1) is 50.6. The first-order valence-electron chi connectivity index (χ1n) is 35.5. The molecule has 0 radical (unpaired) electrons. The normalized spacial score (nSPS) is 12.4. The van der Waals surface area contributed by atoms with Crippen LogP contribution in [0.5, 0.6) is 0 Å². The van der Waals surface area contributed by atoms with Crippen molar-refractivity contribution in [2.45, 2.75) is 0 Å². The number of aromatic nitrogens is 4. The number of benzene rings is 16. The average molecular weight is 1250 g/mol. The molecule has 0 N–H and O–H groups in total. The zero-order chi connectivity index (χ0) is 69.1. The van der Waals surface area contributed by atoms with Crippen molar-refractivity contribution in [1.82, 2.24) is 18.3 Å². The lowest BCUT2D eigenvalue weighted by Gasteiger charge is -2.10. The van der Waals surface area contributed by atoms with Gasteiger partial charge in [0.25, 0.3) is 0 Å². The summed E-state index contributed by atoms with van der Waals surface area (Å²) in [5.41, 5.74) is 21.7. The lowest BCUT2D eigenvalue weighted by Crippen LogP contribution is -1.93. The lowest BCUT2D eigenvalue weighted by atomic mass is 9.98. The number of nitrogens with zero attached hydrogens (tertiary/aromatic N) is 5. The van der Waals surface area contributed by atoms with Crippen molar-refractivity contribution < 1.29 is 6.85 Å². The fourth-order valence-electron chi connectivity index (χ4n) is 15.1. The summed E-state index contributed by atoms with van der Waals surface area (Å²) in [6.07, 6.45) is 0. The molecule has 5 heteroatoms. The van der Waals surface area contributed by atoms with Crippen LogP contribution in [0.3, 0.4) is 0 Å². The van der Waals surface area contributed by atoms with E-state index in [1.54, 1.807) is 0 Å². The smallest absolute Gasteiger partial charge is 0.187 e. The Balaban J connectivity index is 0.000000142. The third-order valence-electron chi connectivity index (χ3n) is 19.7. The maximum atomic E-state index is 8.76. The maximum Gasteiger partial charge on any atom is 0.187 e. The Morgan fingerprint density at radius 3 is 0.939 bits per heavy atom. The van der Waals surface area contributed by atoms with E-state index in [2.05, 4.69) is 298 Å². The number of rotatable bonds is 8. The van der Waals surface area contributed by atoms with Gasteiger partial charge in [-0.15, -0.1) is 0 Å². The predicted molar refractivity (Wildman–Crippen MR) is 413 cm³/mol. The highest BCUT2D eigenvalue weighted by atomic mass is 15.0. The lowest BCUT2D eigenvalue weighted by molar-refractivity contribution is 1.18. The van der Waals surface area contributed by atoms with E-state index in [4.69, 9.17) is 13.4 Å². The topological polar surface area (TPSA) is 24.1 Å². The van der Waals surface area contributed by atoms with Gasteiger partial charge in [-0.25, -0.2) is 4.85 Å². The van der Waals surface area contributed by atoms with Gasteiger partial charge in [0.05, 0.1) is 57.6 Å². The largest absolute Gasteiger partial charge is 0.309 e. The number of hydrogen-bond acceptors (Lipinski definition) is 0. The summed E-state index contributed by atoms with van der Waals surface area (Å²) in [6, 6.07) is 114. The van der Waals surface area contributed by atoms with E-state index < -0.39 is 6.04 Å². The third-order valence-corrected chi connectivity index (χ3v) is 19.7. The number of hydrogen-bond donors (Lipinski definition) is 0. The van der Waals surface area contributed by atoms with E-state index in [1.165, 1.54) is 98.4 Å². The Bertz CT molecular complexity index is 6900. The maximum absolute atomic E-state index is 8.76. The summed E-state index contributed by atoms with van der Waals surface area (Å²) in [4.78, 5) is 3.59. The zero-order valence-corrected chi connectivity index (χ0v) is 52.9.